The van der Waals surface area contributed by atoms with E-state index in [1.54, 1.807) is 60.5 Å². The molecule has 5 heteroatoms. The topological polar surface area (TPSA) is 49.4 Å². The molecule has 0 atom stereocenters. The number of nitrogens with one attached hydrogen (secondary N) is 1. The quantitative estimate of drug-likeness (QED) is 0.718. The standard InChI is InChI=1S/C21H17ClN2O2/c1-24(19-5-3-2-4-6-19)21(26)16-9-13-18(14-10-16)23-20(25)15-7-11-17(22)12-8-15/h2-14H,1H3,(H,23,25). The summed E-state index contributed by atoms with van der Waals surface area (Å²) in [4.78, 5) is 26.4. The van der Waals surface area contributed by atoms with E-state index in [2.05, 4.69) is 5.32 Å². The number of hydrogen-bond donors (Lipinski definition) is 1. The molecule has 0 saturated carbocycles. The van der Waals surface area contributed by atoms with Crippen LogP contribution in [0.5, 0.6) is 0 Å². The van der Waals surface area contributed by atoms with Crippen LogP contribution in [0.2, 0.25) is 5.02 Å². The van der Waals surface area contributed by atoms with Crippen molar-refractivity contribution in [2.75, 3.05) is 17.3 Å². The molecule has 0 spiro atoms. The first-order valence-corrected chi connectivity index (χ1v) is 8.42. The van der Waals surface area contributed by atoms with Gasteiger partial charge in [-0.05, 0) is 60.7 Å². The summed E-state index contributed by atoms with van der Waals surface area (Å²) in [5.74, 6) is -0.353. The number of halogens is 1. The Kier molecular flexibility index (Phi) is 5.34. The molecule has 3 aromatic rings. The zero-order chi connectivity index (χ0) is 18.5. The molecule has 0 bridgehead atoms. The van der Waals surface area contributed by atoms with Crippen LogP contribution in [-0.4, -0.2) is 18.9 Å². The van der Waals surface area contributed by atoms with Gasteiger partial charge in [0.1, 0.15) is 0 Å². The molecule has 0 unspecified atom stereocenters. The molecule has 3 aromatic carbocycles. The Labute approximate surface area is 157 Å². The van der Waals surface area contributed by atoms with Crippen molar-refractivity contribution in [1.82, 2.24) is 0 Å². The Morgan fingerprint density at radius 2 is 1.38 bits per heavy atom. The van der Waals surface area contributed by atoms with Crippen molar-refractivity contribution in [2.24, 2.45) is 0 Å². The molecule has 3 rings (SSSR count). The van der Waals surface area contributed by atoms with Gasteiger partial charge in [-0.3, -0.25) is 9.59 Å². The molecule has 0 aliphatic carbocycles. The summed E-state index contributed by atoms with van der Waals surface area (Å²) in [6, 6.07) is 22.9. The van der Waals surface area contributed by atoms with E-state index in [1.807, 2.05) is 30.3 Å². The van der Waals surface area contributed by atoms with Crippen molar-refractivity contribution in [3.05, 3.63) is 95.0 Å². The molecule has 0 aliphatic heterocycles. The fourth-order valence-electron chi connectivity index (χ4n) is 2.46. The van der Waals surface area contributed by atoms with Gasteiger partial charge < -0.3 is 10.2 Å². The molecular weight excluding hydrogens is 348 g/mol. The molecule has 4 nitrogen and oxygen atoms in total. The Morgan fingerprint density at radius 3 is 2.00 bits per heavy atom. The lowest BCUT2D eigenvalue weighted by Crippen LogP contribution is -2.26. The molecular formula is C21H17ClN2O2. The number of carbonyl (C=O) groups is 2. The lowest BCUT2D eigenvalue weighted by molar-refractivity contribution is 0.0991. The first kappa shape index (κ1) is 17.7. The molecule has 0 saturated heterocycles. The minimum Gasteiger partial charge on any atom is -0.322 e. The minimum atomic E-state index is -0.234. The van der Waals surface area contributed by atoms with Gasteiger partial charge in [0.15, 0.2) is 0 Å². The zero-order valence-corrected chi connectivity index (χ0v) is 14.9. The number of anilines is 2. The fourth-order valence-corrected chi connectivity index (χ4v) is 2.59. The summed E-state index contributed by atoms with van der Waals surface area (Å²) in [5, 5.41) is 3.37. The minimum absolute atomic E-state index is 0.119. The Bertz CT molecular complexity index is 907. The second kappa shape index (κ2) is 7.85. The number of para-hydroxylation sites is 1. The average molecular weight is 365 g/mol. The average Bonchev–Trinajstić information content (AvgIpc) is 2.68. The van der Waals surface area contributed by atoms with Crippen molar-refractivity contribution < 1.29 is 9.59 Å². The maximum absolute atomic E-state index is 12.6. The number of benzene rings is 3. The van der Waals surface area contributed by atoms with E-state index in [0.29, 0.717) is 21.8 Å². The maximum Gasteiger partial charge on any atom is 0.258 e. The summed E-state index contributed by atoms with van der Waals surface area (Å²) in [6.07, 6.45) is 0. The van der Waals surface area contributed by atoms with Crippen LogP contribution in [0.25, 0.3) is 0 Å². The van der Waals surface area contributed by atoms with Gasteiger partial charge >= 0.3 is 0 Å². The number of rotatable bonds is 4. The van der Waals surface area contributed by atoms with E-state index in [9.17, 15) is 9.59 Å². The molecule has 0 aromatic heterocycles. The van der Waals surface area contributed by atoms with Gasteiger partial charge in [0, 0.05) is 34.6 Å². The summed E-state index contributed by atoms with van der Waals surface area (Å²) >= 11 is 5.83. The molecule has 0 radical (unpaired) electrons. The van der Waals surface area contributed by atoms with Crippen molar-refractivity contribution in [3.8, 4) is 0 Å². The fraction of sp³-hybridized carbons (Fsp3) is 0.0476. The Balaban J connectivity index is 1.69. The molecule has 0 heterocycles. The smallest absolute Gasteiger partial charge is 0.258 e. The predicted octanol–water partition coefficient (Wildman–Crippen LogP) is 4.87. The molecule has 0 fully saturated rings. The van der Waals surface area contributed by atoms with E-state index in [4.69, 9.17) is 11.6 Å². The van der Waals surface area contributed by atoms with Crippen LogP contribution in [-0.2, 0) is 0 Å². The third-order valence-electron chi connectivity index (χ3n) is 3.94. The Hall–Kier alpha value is -3.11. The van der Waals surface area contributed by atoms with Gasteiger partial charge in [-0.1, -0.05) is 29.8 Å². The van der Waals surface area contributed by atoms with E-state index >= 15 is 0 Å². The van der Waals surface area contributed by atoms with Crippen LogP contribution in [0.4, 0.5) is 11.4 Å². The highest BCUT2D eigenvalue weighted by atomic mass is 35.5. The first-order chi connectivity index (χ1) is 12.5. The van der Waals surface area contributed by atoms with Crippen LogP contribution < -0.4 is 10.2 Å². The van der Waals surface area contributed by atoms with Crippen molar-refractivity contribution in [3.63, 3.8) is 0 Å². The predicted molar refractivity (Wildman–Crippen MR) is 105 cm³/mol. The second-order valence-electron chi connectivity index (χ2n) is 5.74. The largest absolute Gasteiger partial charge is 0.322 e. The molecule has 1 N–H and O–H groups in total. The monoisotopic (exact) mass is 364 g/mol. The zero-order valence-electron chi connectivity index (χ0n) is 14.1. The van der Waals surface area contributed by atoms with E-state index in [0.717, 1.165) is 5.69 Å². The van der Waals surface area contributed by atoms with E-state index < -0.39 is 0 Å². The number of amides is 2. The first-order valence-electron chi connectivity index (χ1n) is 8.05. The molecule has 2 amide bonds. The highest BCUT2D eigenvalue weighted by Crippen LogP contribution is 2.17. The lowest BCUT2D eigenvalue weighted by Gasteiger charge is -2.17. The van der Waals surface area contributed by atoms with Gasteiger partial charge in [0.05, 0.1) is 0 Å². The summed E-state index contributed by atoms with van der Waals surface area (Å²) in [7, 11) is 1.73. The third kappa shape index (κ3) is 4.10. The van der Waals surface area contributed by atoms with Crippen molar-refractivity contribution >= 4 is 34.8 Å². The lowest BCUT2D eigenvalue weighted by atomic mass is 10.1. The van der Waals surface area contributed by atoms with Crippen LogP contribution in [0.3, 0.4) is 0 Å². The van der Waals surface area contributed by atoms with Gasteiger partial charge in [-0.25, -0.2) is 0 Å². The number of hydrogen-bond acceptors (Lipinski definition) is 2. The third-order valence-corrected chi connectivity index (χ3v) is 4.20. The maximum atomic E-state index is 12.6. The molecule has 26 heavy (non-hydrogen) atoms. The summed E-state index contributed by atoms with van der Waals surface area (Å²) in [5.41, 5.74) is 2.49. The normalized spacial score (nSPS) is 10.2. The second-order valence-corrected chi connectivity index (χ2v) is 6.17. The van der Waals surface area contributed by atoms with Crippen LogP contribution >= 0.6 is 11.6 Å². The van der Waals surface area contributed by atoms with Crippen molar-refractivity contribution in [1.29, 1.82) is 0 Å². The van der Waals surface area contributed by atoms with Crippen LogP contribution in [0, 0.1) is 0 Å². The molecule has 0 aliphatic rings. The molecule has 130 valence electrons. The highest BCUT2D eigenvalue weighted by Gasteiger charge is 2.13. The van der Waals surface area contributed by atoms with Gasteiger partial charge in [-0.2, -0.15) is 0 Å². The van der Waals surface area contributed by atoms with Crippen molar-refractivity contribution in [2.45, 2.75) is 0 Å². The summed E-state index contributed by atoms with van der Waals surface area (Å²) in [6.45, 7) is 0. The SMILES string of the molecule is CN(C(=O)c1ccc(NC(=O)c2ccc(Cl)cc2)cc1)c1ccccc1. The highest BCUT2D eigenvalue weighted by molar-refractivity contribution is 6.30. The van der Waals surface area contributed by atoms with E-state index in [-0.39, 0.29) is 11.8 Å². The summed E-state index contributed by atoms with van der Waals surface area (Å²) < 4.78 is 0. The van der Waals surface area contributed by atoms with Crippen LogP contribution in [0.15, 0.2) is 78.9 Å². The van der Waals surface area contributed by atoms with Gasteiger partial charge in [0.2, 0.25) is 0 Å². The number of carbonyl (C=O) groups excluding carboxylic acids is 2. The van der Waals surface area contributed by atoms with Gasteiger partial charge in [-0.15, -0.1) is 0 Å². The van der Waals surface area contributed by atoms with E-state index in [1.165, 1.54) is 0 Å². The van der Waals surface area contributed by atoms with Gasteiger partial charge in [0.25, 0.3) is 11.8 Å². The number of nitrogens with zero attached hydrogens (tertiary/aromatic N) is 1. The van der Waals surface area contributed by atoms with Crippen LogP contribution in [0.1, 0.15) is 20.7 Å². The Morgan fingerprint density at radius 1 is 0.808 bits per heavy atom.